The third kappa shape index (κ3) is 4.14. The van der Waals surface area contributed by atoms with Crippen LogP contribution in [0.1, 0.15) is 33.5 Å². The number of rotatable bonds is 8. The zero-order valence-corrected chi connectivity index (χ0v) is 11.9. The second kappa shape index (κ2) is 7.87. The van der Waals surface area contributed by atoms with Crippen molar-refractivity contribution in [2.75, 3.05) is 36.5 Å². The fourth-order valence-electron chi connectivity index (χ4n) is 1.72. The van der Waals surface area contributed by atoms with E-state index < -0.39 is 0 Å². The summed E-state index contributed by atoms with van der Waals surface area (Å²) in [4.78, 5) is 11.2. The quantitative estimate of drug-likeness (QED) is 0.769. The molecule has 0 saturated carbocycles. The van der Waals surface area contributed by atoms with Gasteiger partial charge in [-0.15, -0.1) is 0 Å². The number of aromatic nitrogens is 2. The fraction of sp³-hybridized carbons (Fsp3) is 0.692. The van der Waals surface area contributed by atoms with E-state index >= 15 is 0 Å². The van der Waals surface area contributed by atoms with Crippen LogP contribution < -0.4 is 10.2 Å². The van der Waals surface area contributed by atoms with Crippen LogP contribution in [0.15, 0.2) is 6.07 Å². The molecule has 0 radical (unpaired) electrons. The maximum absolute atomic E-state index is 5.38. The van der Waals surface area contributed by atoms with Gasteiger partial charge in [0.15, 0.2) is 5.82 Å². The van der Waals surface area contributed by atoms with Crippen LogP contribution in [0.3, 0.4) is 0 Å². The molecule has 0 spiro atoms. The molecule has 0 atom stereocenters. The molecular weight excluding hydrogens is 228 g/mol. The highest BCUT2D eigenvalue weighted by atomic mass is 16.5. The smallest absolute Gasteiger partial charge is 0.158 e. The van der Waals surface area contributed by atoms with Gasteiger partial charge in [0.1, 0.15) is 18.2 Å². The van der Waals surface area contributed by atoms with E-state index in [0.29, 0.717) is 13.2 Å². The largest absolute Gasteiger partial charge is 0.374 e. The van der Waals surface area contributed by atoms with E-state index in [2.05, 4.69) is 41.0 Å². The summed E-state index contributed by atoms with van der Waals surface area (Å²) in [6, 6.07) is 1.99. The van der Waals surface area contributed by atoms with Crippen LogP contribution in [0.5, 0.6) is 0 Å². The summed E-state index contributed by atoms with van der Waals surface area (Å²) in [5.41, 5.74) is 0. The first-order chi connectivity index (χ1) is 8.74. The number of ether oxygens (including phenoxy) is 1. The maximum atomic E-state index is 5.38. The molecule has 0 saturated heterocycles. The lowest BCUT2D eigenvalue weighted by molar-refractivity contribution is 0.128. The van der Waals surface area contributed by atoms with Gasteiger partial charge < -0.3 is 15.0 Å². The normalized spacial score (nSPS) is 10.4. The van der Waals surface area contributed by atoms with Crippen LogP contribution in [-0.4, -0.2) is 36.2 Å². The van der Waals surface area contributed by atoms with Gasteiger partial charge in [-0.1, -0.05) is 0 Å². The molecule has 1 aromatic rings. The van der Waals surface area contributed by atoms with Gasteiger partial charge in [0.2, 0.25) is 0 Å². The third-order valence-corrected chi connectivity index (χ3v) is 2.64. The van der Waals surface area contributed by atoms with Gasteiger partial charge in [-0.3, -0.25) is 0 Å². The Hall–Kier alpha value is -1.36. The highest BCUT2D eigenvalue weighted by Gasteiger charge is 2.08. The molecule has 102 valence electrons. The number of nitrogens with one attached hydrogen (secondary N) is 1. The molecule has 1 N–H and O–H groups in total. The van der Waals surface area contributed by atoms with E-state index in [1.54, 1.807) is 0 Å². The molecule has 0 aliphatic rings. The lowest BCUT2D eigenvalue weighted by Crippen LogP contribution is -2.24. The number of anilines is 2. The van der Waals surface area contributed by atoms with Crippen LogP contribution in [0.2, 0.25) is 0 Å². The molecule has 0 amide bonds. The lowest BCUT2D eigenvalue weighted by atomic mass is 10.4. The standard InChI is InChI=1S/C13H24N4O/c1-5-14-11-9-13(17(6-2)7-3)16-12(15-11)10-18-8-4/h9H,5-8,10H2,1-4H3,(H,14,15,16). The first kappa shape index (κ1) is 14.7. The molecule has 0 aliphatic heterocycles. The topological polar surface area (TPSA) is 50.3 Å². The van der Waals surface area contributed by atoms with Gasteiger partial charge in [-0.25, -0.2) is 9.97 Å². The summed E-state index contributed by atoms with van der Waals surface area (Å²) in [5, 5.41) is 3.23. The Morgan fingerprint density at radius 2 is 1.89 bits per heavy atom. The van der Waals surface area contributed by atoms with Crippen molar-refractivity contribution in [3.8, 4) is 0 Å². The summed E-state index contributed by atoms with van der Waals surface area (Å²) >= 11 is 0. The summed E-state index contributed by atoms with van der Waals surface area (Å²) < 4.78 is 5.38. The van der Waals surface area contributed by atoms with Crippen molar-refractivity contribution in [1.29, 1.82) is 0 Å². The van der Waals surface area contributed by atoms with E-state index in [1.807, 2.05) is 13.0 Å². The van der Waals surface area contributed by atoms with Crippen LogP contribution in [0, 0.1) is 0 Å². The van der Waals surface area contributed by atoms with E-state index in [1.165, 1.54) is 0 Å². The van der Waals surface area contributed by atoms with Crippen LogP contribution in [0.25, 0.3) is 0 Å². The van der Waals surface area contributed by atoms with Crippen LogP contribution in [0.4, 0.5) is 11.6 Å². The number of nitrogens with zero attached hydrogens (tertiary/aromatic N) is 3. The van der Waals surface area contributed by atoms with Gasteiger partial charge in [0.05, 0.1) is 0 Å². The molecule has 18 heavy (non-hydrogen) atoms. The summed E-state index contributed by atoms with van der Waals surface area (Å²) in [6.45, 7) is 12.1. The second-order valence-corrected chi connectivity index (χ2v) is 3.87. The SMILES string of the molecule is CCNc1cc(N(CC)CC)nc(COCC)n1. The molecule has 0 unspecified atom stereocenters. The molecule has 1 rings (SSSR count). The minimum absolute atomic E-state index is 0.462. The van der Waals surface area contributed by atoms with Gasteiger partial charge in [0, 0.05) is 32.3 Å². The summed E-state index contributed by atoms with van der Waals surface area (Å²) in [6.07, 6.45) is 0. The van der Waals surface area contributed by atoms with Crippen molar-refractivity contribution < 1.29 is 4.74 Å². The molecule has 0 fully saturated rings. The van der Waals surface area contributed by atoms with Crippen molar-refractivity contribution in [3.63, 3.8) is 0 Å². The molecular formula is C13H24N4O. The zero-order valence-electron chi connectivity index (χ0n) is 11.9. The van der Waals surface area contributed by atoms with Crippen molar-refractivity contribution in [1.82, 2.24) is 9.97 Å². The Balaban J connectivity index is 2.96. The van der Waals surface area contributed by atoms with Crippen molar-refractivity contribution in [2.24, 2.45) is 0 Å². The molecule has 0 aromatic carbocycles. The second-order valence-electron chi connectivity index (χ2n) is 3.87. The minimum atomic E-state index is 0.462. The monoisotopic (exact) mass is 252 g/mol. The molecule has 1 aromatic heterocycles. The molecule has 5 nitrogen and oxygen atoms in total. The van der Waals surface area contributed by atoms with Crippen LogP contribution in [-0.2, 0) is 11.3 Å². The van der Waals surface area contributed by atoms with Crippen molar-refractivity contribution in [2.45, 2.75) is 34.3 Å². The average molecular weight is 252 g/mol. The zero-order chi connectivity index (χ0) is 13.4. The Morgan fingerprint density at radius 1 is 1.17 bits per heavy atom. The number of hydrogen-bond donors (Lipinski definition) is 1. The average Bonchev–Trinajstić information content (AvgIpc) is 2.38. The fourth-order valence-corrected chi connectivity index (χ4v) is 1.72. The Morgan fingerprint density at radius 3 is 2.44 bits per heavy atom. The van der Waals surface area contributed by atoms with E-state index in [0.717, 1.165) is 37.1 Å². The highest BCUT2D eigenvalue weighted by Crippen LogP contribution is 2.16. The molecule has 5 heteroatoms. The van der Waals surface area contributed by atoms with Crippen molar-refractivity contribution in [3.05, 3.63) is 11.9 Å². The maximum Gasteiger partial charge on any atom is 0.158 e. The predicted molar refractivity (Wildman–Crippen MR) is 75.1 cm³/mol. The minimum Gasteiger partial charge on any atom is -0.374 e. The molecule has 1 heterocycles. The Bertz CT molecular complexity index is 353. The first-order valence-corrected chi connectivity index (χ1v) is 6.69. The number of hydrogen-bond acceptors (Lipinski definition) is 5. The van der Waals surface area contributed by atoms with Gasteiger partial charge in [-0.2, -0.15) is 0 Å². The summed E-state index contributed by atoms with van der Waals surface area (Å²) in [5.74, 6) is 2.56. The van der Waals surface area contributed by atoms with Gasteiger partial charge in [-0.05, 0) is 27.7 Å². The first-order valence-electron chi connectivity index (χ1n) is 6.69. The van der Waals surface area contributed by atoms with Gasteiger partial charge in [0.25, 0.3) is 0 Å². The Labute approximate surface area is 110 Å². The summed E-state index contributed by atoms with van der Waals surface area (Å²) in [7, 11) is 0. The van der Waals surface area contributed by atoms with Crippen molar-refractivity contribution >= 4 is 11.6 Å². The van der Waals surface area contributed by atoms with Gasteiger partial charge >= 0.3 is 0 Å². The lowest BCUT2D eigenvalue weighted by Gasteiger charge is -2.21. The Kier molecular flexibility index (Phi) is 6.43. The third-order valence-electron chi connectivity index (χ3n) is 2.64. The van der Waals surface area contributed by atoms with E-state index in [-0.39, 0.29) is 0 Å². The van der Waals surface area contributed by atoms with E-state index in [9.17, 15) is 0 Å². The molecule has 0 aliphatic carbocycles. The van der Waals surface area contributed by atoms with Crippen LogP contribution >= 0.6 is 0 Å². The highest BCUT2D eigenvalue weighted by molar-refractivity contribution is 5.49. The molecule has 0 bridgehead atoms. The van der Waals surface area contributed by atoms with E-state index in [4.69, 9.17) is 4.74 Å². The predicted octanol–water partition coefficient (Wildman–Crippen LogP) is 2.29.